The van der Waals surface area contributed by atoms with E-state index >= 15 is 0 Å². The molecule has 0 unspecified atom stereocenters. The van der Waals surface area contributed by atoms with Gasteiger partial charge in [-0.15, -0.1) is 11.3 Å². The van der Waals surface area contributed by atoms with E-state index in [-0.39, 0.29) is 4.90 Å². The van der Waals surface area contributed by atoms with Crippen LogP contribution in [0.15, 0.2) is 89.3 Å². The number of benzene rings is 2. The summed E-state index contributed by atoms with van der Waals surface area (Å²) in [6.45, 7) is 0. The van der Waals surface area contributed by atoms with Gasteiger partial charge in [-0.05, 0) is 35.7 Å². The predicted molar refractivity (Wildman–Crippen MR) is 104 cm³/mol. The maximum absolute atomic E-state index is 13.0. The summed E-state index contributed by atoms with van der Waals surface area (Å²) in [4.78, 5) is 0.945. The van der Waals surface area contributed by atoms with Crippen molar-refractivity contribution in [1.29, 1.82) is 0 Å². The molecule has 0 amide bonds. The Labute approximate surface area is 155 Å². The van der Waals surface area contributed by atoms with Crippen molar-refractivity contribution in [2.75, 3.05) is 4.72 Å². The number of hydrogen-bond acceptors (Lipinski definition) is 4. The number of para-hydroxylation sites is 2. The van der Waals surface area contributed by atoms with Crippen molar-refractivity contribution in [3.05, 3.63) is 84.4 Å². The number of thiophene rings is 1. The van der Waals surface area contributed by atoms with E-state index in [0.717, 1.165) is 10.6 Å². The smallest absolute Gasteiger partial charge is 0.265 e. The molecule has 0 aliphatic carbocycles. The predicted octanol–water partition coefficient (Wildman–Crippen LogP) is 4.40. The molecule has 0 aliphatic rings. The summed E-state index contributed by atoms with van der Waals surface area (Å²) in [6, 6.07) is 22.0. The summed E-state index contributed by atoms with van der Waals surface area (Å²) in [6.07, 6.45) is 1.55. The van der Waals surface area contributed by atoms with Gasteiger partial charge in [-0.1, -0.05) is 42.5 Å². The molecule has 2 heterocycles. The Kier molecular flexibility index (Phi) is 4.32. The van der Waals surface area contributed by atoms with Crippen LogP contribution in [0, 0.1) is 0 Å². The van der Waals surface area contributed by atoms with E-state index in [1.807, 2.05) is 53.9 Å². The third kappa shape index (κ3) is 3.26. The van der Waals surface area contributed by atoms with E-state index in [1.54, 1.807) is 35.1 Å². The van der Waals surface area contributed by atoms with Crippen LogP contribution < -0.4 is 4.72 Å². The fourth-order valence-corrected chi connectivity index (χ4v) is 4.56. The molecule has 130 valence electrons. The highest BCUT2D eigenvalue weighted by Crippen LogP contribution is 2.31. The van der Waals surface area contributed by atoms with E-state index in [1.165, 1.54) is 11.3 Å². The molecule has 1 N–H and O–H groups in total. The largest absolute Gasteiger partial charge is 0.280 e. The summed E-state index contributed by atoms with van der Waals surface area (Å²) in [5.74, 6) is 0. The van der Waals surface area contributed by atoms with Gasteiger partial charge in [-0.2, -0.15) is 5.10 Å². The van der Waals surface area contributed by atoms with E-state index in [9.17, 15) is 8.42 Å². The molecule has 7 heteroatoms. The molecular weight excluding hydrogens is 366 g/mol. The minimum Gasteiger partial charge on any atom is -0.280 e. The topological polar surface area (TPSA) is 64.0 Å². The first-order valence-electron chi connectivity index (χ1n) is 7.90. The molecule has 2 aromatic heterocycles. The van der Waals surface area contributed by atoms with Gasteiger partial charge in [-0.25, -0.2) is 13.1 Å². The highest BCUT2D eigenvalue weighted by atomic mass is 32.2. The van der Waals surface area contributed by atoms with Gasteiger partial charge < -0.3 is 0 Å². The van der Waals surface area contributed by atoms with E-state index in [4.69, 9.17) is 0 Å². The average molecular weight is 381 g/mol. The number of nitrogens with one attached hydrogen (secondary N) is 1. The zero-order chi connectivity index (χ0) is 18.0. The Bertz CT molecular complexity index is 1100. The molecular formula is C19H15N3O2S2. The lowest BCUT2D eigenvalue weighted by molar-refractivity contribution is 0.601. The summed E-state index contributed by atoms with van der Waals surface area (Å²) in [5.41, 5.74) is 1.75. The molecule has 4 aromatic rings. The van der Waals surface area contributed by atoms with Crippen molar-refractivity contribution in [1.82, 2.24) is 9.78 Å². The maximum atomic E-state index is 13.0. The summed E-state index contributed by atoms with van der Waals surface area (Å²) in [7, 11) is -3.78. The van der Waals surface area contributed by atoms with Crippen LogP contribution in [0.2, 0.25) is 0 Å². The summed E-state index contributed by atoms with van der Waals surface area (Å²) in [5, 5.41) is 6.44. The van der Waals surface area contributed by atoms with Crippen LogP contribution in [0.5, 0.6) is 0 Å². The highest BCUT2D eigenvalue weighted by Gasteiger charge is 2.24. The quantitative estimate of drug-likeness (QED) is 0.557. The monoisotopic (exact) mass is 381 g/mol. The molecule has 0 saturated heterocycles. The Balaban J connectivity index is 1.83. The number of nitrogens with zero attached hydrogens (tertiary/aromatic N) is 2. The maximum Gasteiger partial charge on any atom is 0.265 e. The molecule has 0 bridgehead atoms. The van der Waals surface area contributed by atoms with Gasteiger partial charge in [0.05, 0.1) is 16.8 Å². The lowest BCUT2D eigenvalue weighted by Crippen LogP contribution is -2.13. The van der Waals surface area contributed by atoms with Crippen molar-refractivity contribution >= 4 is 27.0 Å². The fraction of sp³-hybridized carbons (Fsp3) is 0. The Morgan fingerprint density at radius 3 is 2.23 bits per heavy atom. The zero-order valence-corrected chi connectivity index (χ0v) is 15.2. The molecule has 2 aromatic carbocycles. The van der Waals surface area contributed by atoms with Crippen molar-refractivity contribution in [2.45, 2.75) is 4.90 Å². The second kappa shape index (κ2) is 6.78. The number of sulfonamides is 1. The molecule has 0 aliphatic heterocycles. The first-order valence-corrected chi connectivity index (χ1v) is 10.3. The van der Waals surface area contributed by atoms with Crippen LogP contribution in [0.1, 0.15) is 0 Å². The van der Waals surface area contributed by atoms with Crippen molar-refractivity contribution in [2.24, 2.45) is 0 Å². The first kappa shape index (κ1) is 16.6. The van der Waals surface area contributed by atoms with Gasteiger partial charge >= 0.3 is 0 Å². The second-order valence-electron chi connectivity index (χ2n) is 5.57. The van der Waals surface area contributed by atoms with Crippen LogP contribution >= 0.6 is 11.3 Å². The van der Waals surface area contributed by atoms with Crippen molar-refractivity contribution in [3.8, 4) is 16.3 Å². The van der Waals surface area contributed by atoms with Crippen LogP contribution in [0.3, 0.4) is 0 Å². The molecule has 0 spiro atoms. The SMILES string of the molecule is O=S(=O)(Nc1ccccc1)c1cn(-c2ccccc2)nc1-c1cccs1. The van der Waals surface area contributed by atoms with Gasteiger partial charge in [0.1, 0.15) is 10.6 Å². The Morgan fingerprint density at radius 2 is 1.58 bits per heavy atom. The van der Waals surface area contributed by atoms with Crippen molar-refractivity contribution < 1.29 is 8.42 Å². The van der Waals surface area contributed by atoms with Crippen LogP contribution in [0.4, 0.5) is 5.69 Å². The number of anilines is 1. The minimum atomic E-state index is -3.78. The lowest BCUT2D eigenvalue weighted by atomic mass is 10.3. The van der Waals surface area contributed by atoms with E-state index in [0.29, 0.717) is 11.4 Å². The number of aromatic nitrogens is 2. The number of hydrogen-bond donors (Lipinski definition) is 1. The molecule has 26 heavy (non-hydrogen) atoms. The van der Waals surface area contributed by atoms with Crippen molar-refractivity contribution in [3.63, 3.8) is 0 Å². The standard InChI is InChI=1S/C19H15N3O2S2/c23-26(24,21-15-8-3-1-4-9-15)18-14-22(16-10-5-2-6-11-16)20-19(18)17-12-7-13-25-17/h1-14,21H. The first-order chi connectivity index (χ1) is 12.6. The normalized spacial score (nSPS) is 11.4. The zero-order valence-electron chi connectivity index (χ0n) is 13.6. The van der Waals surface area contributed by atoms with Gasteiger partial charge in [0.25, 0.3) is 10.0 Å². The third-order valence-electron chi connectivity index (χ3n) is 3.77. The van der Waals surface area contributed by atoms with Gasteiger partial charge in [0, 0.05) is 5.69 Å². The molecule has 0 atom stereocenters. The third-order valence-corrected chi connectivity index (χ3v) is 6.03. The molecule has 0 saturated carbocycles. The van der Waals surface area contributed by atoms with Gasteiger partial charge in [-0.3, -0.25) is 4.72 Å². The minimum absolute atomic E-state index is 0.146. The molecule has 0 fully saturated rings. The van der Waals surface area contributed by atoms with E-state index in [2.05, 4.69) is 9.82 Å². The molecule has 4 rings (SSSR count). The van der Waals surface area contributed by atoms with Gasteiger partial charge in [0.2, 0.25) is 0 Å². The second-order valence-corrected chi connectivity index (χ2v) is 8.17. The fourth-order valence-electron chi connectivity index (χ4n) is 2.57. The number of rotatable bonds is 5. The lowest BCUT2D eigenvalue weighted by Gasteiger charge is -2.07. The average Bonchev–Trinajstić information content (AvgIpc) is 3.33. The summed E-state index contributed by atoms with van der Waals surface area (Å²) < 4.78 is 30.2. The van der Waals surface area contributed by atoms with Crippen LogP contribution in [-0.4, -0.2) is 18.2 Å². The van der Waals surface area contributed by atoms with Gasteiger partial charge in [0.15, 0.2) is 0 Å². The van der Waals surface area contributed by atoms with E-state index < -0.39 is 10.0 Å². The molecule has 5 nitrogen and oxygen atoms in total. The Morgan fingerprint density at radius 1 is 0.885 bits per heavy atom. The molecule has 0 radical (unpaired) electrons. The highest BCUT2D eigenvalue weighted by molar-refractivity contribution is 7.92. The summed E-state index contributed by atoms with van der Waals surface area (Å²) >= 11 is 1.45. The van der Waals surface area contributed by atoms with Crippen LogP contribution in [0.25, 0.3) is 16.3 Å². The Hall–Kier alpha value is -2.90. The van der Waals surface area contributed by atoms with Crippen LogP contribution in [-0.2, 0) is 10.0 Å².